The van der Waals surface area contributed by atoms with Gasteiger partial charge in [-0.3, -0.25) is 10.1 Å². The van der Waals surface area contributed by atoms with Crippen LogP contribution in [0.4, 0.5) is 11.9 Å². The van der Waals surface area contributed by atoms with Gasteiger partial charge in [0.15, 0.2) is 0 Å². The number of benzene rings is 2. The van der Waals surface area contributed by atoms with Crippen molar-refractivity contribution < 1.29 is 14.3 Å². The molecule has 4 rings (SSSR count). The molecule has 9 heteroatoms. The molecule has 0 spiro atoms. The number of aromatic nitrogens is 3. The van der Waals surface area contributed by atoms with Crippen LogP contribution in [0, 0.1) is 0 Å². The molecule has 156 valence electrons. The van der Waals surface area contributed by atoms with Gasteiger partial charge < -0.3 is 14.8 Å². The van der Waals surface area contributed by atoms with Gasteiger partial charge in [-0.2, -0.15) is 4.98 Å². The number of ether oxygens (including phenoxy) is 2. The van der Waals surface area contributed by atoms with Crippen molar-refractivity contribution in [2.45, 2.75) is 18.5 Å². The summed E-state index contributed by atoms with van der Waals surface area (Å²) in [4.78, 5) is 16.4. The number of fused-ring (bicyclic) bond motifs is 1. The topological polar surface area (TPSA) is 90.3 Å². The molecular formula is C21H22ClN5O3. The first-order valence-electron chi connectivity index (χ1n) is 9.49. The molecule has 0 saturated heterocycles. The highest BCUT2D eigenvalue weighted by Crippen LogP contribution is 2.40. The standard InChI is InChI=1S/C21H22ClN5O3/c1-29-12-19(28)24-20-25-21-23-17(13-7-9-14(30-2)10-8-13)11-18(27(21)26-20)15-5-3-4-6-16(15)22/h3-10,17-18H,11-12H2,1-2H3,(H2,23,24,25,26,28)/t17-,18-/m1/s1. The lowest BCUT2D eigenvalue weighted by atomic mass is 9.93. The molecule has 1 amide bonds. The molecule has 0 unspecified atom stereocenters. The van der Waals surface area contributed by atoms with Crippen molar-refractivity contribution in [2.24, 2.45) is 0 Å². The molecule has 0 aliphatic carbocycles. The number of amides is 1. The number of rotatable bonds is 6. The summed E-state index contributed by atoms with van der Waals surface area (Å²) in [6, 6.07) is 15.4. The largest absolute Gasteiger partial charge is 0.497 e. The molecule has 2 N–H and O–H groups in total. The van der Waals surface area contributed by atoms with E-state index in [1.807, 2.05) is 48.5 Å². The van der Waals surface area contributed by atoms with Crippen molar-refractivity contribution in [3.63, 3.8) is 0 Å². The SMILES string of the molecule is COCC(=O)Nc1nc2n(n1)[C@@H](c1ccccc1Cl)C[C@H](c1ccc(OC)cc1)N2. The van der Waals surface area contributed by atoms with E-state index in [9.17, 15) is 4.79 Å². The third-order valence-corrected chi connectivity index (χ3v) is 5.34. The first-order valence-corrected chi connectivity index (χ1v) is 9.87. The van der Waals surface area contributed by atoms with E-state index in [2.05, 4.69) is 20.7 Å². The Morgan fingerprint density at radius 3 is 2.70 bits per heavy atom. The lowest BCUT2D eigenvalue weighted by Crippen LogP contribution is -2.28. The quantitative estimate of drug-likeness (QED) is 0.623. The molecule has 0 saturated carbocycles. The highest BCUT2D eigenvalue weighted by atomic mass is 35.5. The smallest absolute Gasteiger partial charge is 0.252 e. The molecule has 0 bridgehead atoms. The van der Waals surface area contributed by atoms with E-state index < -0.39 is 0 Å². The van der Waals surface area contributed by atoms with Crippen LogP contribution in [0.25, 0.3) is 0 Å². The highest BCUT2D eigenvalue weighted by molar-refractivity contribution is 6.31. The zero-order chi connectivity index (χ0) is 21.1. The maximum Gasteiger partial charge on any atom is 0.252 e. The summed E-state index contributed by atoms with van der Waals surface area (Å²) < 4.78 is 11.9. The monoisotopic (exact) mass is 427 g/mol. The van der Waals surface area contributed by atoms with E-state index in [1.54, 1.807) is 11.8 Å². The van der Waals surface area contributed by atoms with E-state index in [0.717, 1.165) is 16.9 Å². The Hall–Kier alpha value is -3.10. The van der Waals surface area contributed by atoms with Crippen molar-refractivity contribution in [1.29, 1.82) is 0 Å². The maximum absolute atomic E-state index is 11.9. The number of carbonyl (C=O) groups excluding carboxylic acids is 1. The minimum Gasteiger partial charge on any atom is -0.497 e. The summed E-state index contributed by atoms with van der Waals surface area (Å²) in [5.74, 6) is 1.25. The zero-order valence-corrected chi connectivity index (χ0v) is 17.4. The van der Waals surface area contributed by atoms with E-state index in [1.165, 1.54) is 7.11 Å². The van der Waals surface area contributed by atoms with Crippen LogP contribution in [0.5, 0.6) is 5.75 Å². The van der Waals surface area contributed by atoms with Crippen molar-refractivity contribution in [3.8, 4) is 5.75 Å². The van der Waals surface area contributed by atoms with Gasteiger partial charge in [-0.25, -0.2) is 4.68 Å². The molecule has 8 nitrogen and oxygen atoms in total. The summed E-state index contributed by atoms with van der Waals surface area (Å²) in [7, 11) is 3.10. The Balaban J connectivity index is 1.70. The van der Waals surface area contributed by atoms with Gasteiger partial charge in [-0.05, 0) is 35.7 Å². The number of halogens is 1. The molecule has 2 atom stereocenters. The van der Waals surface area contributed by atoms with Gasteiger partial charge in [0.05, 0.1) is 19.2 Å². The predicted molar refractivity (Wildman–Crippen MR) is 114 cm³/mol. The fourth-order valence-electron chi connectivity index (χ4n) is 3.58. The van der Waals surface area contributed by atoms with Crippen LogP contribution in [0.1, 0.15) is 29.6 Å². The lowest BCUT2D eigenvalue weighted by molar-refractivity contribution is -0.119. The molecule has 1 aliphatic heterocycles. The predicted octanol–water partition coefficient (Wildman–Crippen LogP) is 3.67. The van der Waals surface area contributed by atoms with Crippen molar-refractivity contribution >= 4 is 29.4 Å². The molecule has 0 radical (unpaired) electrons. The summed E-state index contributed by atoms with van der Waals surface area (Å²) in [6.07, 6.45) is 0.706. The Morgan fingerprint density at radius 1 is 1.23 bits per heavy atom. The van der Waals surface area contributed by atoms with Gasteiger partial charge in [0.2, 0.25) is 5.95 Å². The Kier molecular flexibility index (Phi) is 5.87. The number of methoxy groups -OCH3 is 2. The Morgan fingerprint density at radius 2 is 2.00 bits per heavy atom. The van der Waals surface area contributed by atoms with Crippen LogP contribution in [0.15, 0.2) is 48.5 Å². The van der Waals surface area contributed by atoms with Crippen LogP contribution in [0.2, 0.25) is 5.02 Å². The molecule has 0 fully saturated rings. The lowest BCUT2D eigenvalue weighted by Gasteiger charge is -2.32. The van der Waals surface area contributed by atoms with Gasteiger partial charge in [0.1, 0.15) is 12.4 Å². The number of hydrogen-bond donors (Lipinski definition) is 2. The van der Waals surface area contributed by atoms with Gasteiger partial charge in [0, 0.05) is 12.1 Å². The summed E-state index contributed by atoms with van der Waals surface area (Å²) >= 11 is 6.51. The van der Waals surface area contributed by atoms with E-state index >= 15 is 0 Å². The molecule has 2 heterocycles. The first kappa shape index (κ1) is 20.2. The molecule has 3 aromatic rings. The normalized spacial score (nSPS) is 17.7. The number of hydrogen-bond acceptors (Lipinski definition) is 6. The molecule has 1 aliphatic rings. The minimum absolute atomic E-state index is 0.0172. The Bertz CT molecular complexity index is 1040. The van der Waals surface area contributed by atoms with E-state index in [4.69, 9.17) is 21.1 Å². The third kappa shape index (κ3) is 4.10. The molecule has 2 aromatic carbocycles. The summed E-state index contributed by atoms with van der Waals surface area (Å²) in [5.41, 5.74) is 2.03. The van der Waals surface area contributed by atoms with Gasteiger partial charge in [0.25, 0.3) is 11.9 Å². The number of nitrogens with zero attached hydrogens (tertiary/aromatic N) is 3. The van der Waals surface area contributed by atoms with E-state index in [0.29, 0.717) is 17.4 Å². The second-order valence-electron chi connectivity index (χ2n) is 6.93. The third-order valence-electron chi connectivity index (χ3n) is 5.00. The second kappa shape index (κ2) is 8.73. The van der Waals surface area contributed by atoms with E-state index in [-0.39, 0.29) is 30.5 Å². The highest BCUT2D eigenvalue weighted by Gasteiger charge is 2.32. The van der Waals surface area contributed by atoms with Gasteiger partial charge >= 0.3 is 0 Å². The van der Waals surface area contributed by atoms with Crippen LogP contribution in [0.3, 0.4) is 0 Å². The average molecular weight is 428 g/mol. The first-order chi connectivity index (χ1) is 14.6. The molecule has 30 heavy (non-hydrogen) atoms. The number of nitrogens with one attached hydrogen (secondary N) is 2. The van der Waals surface area contributed by atoms with Gasteiger partial charge in [-0.15, -0.1) is 5.10 Å². The van der Waals surface area contributed by atoms with Crippen molar-refractivity contribution in [1.82, 2.24) is 14.8 Å². The minimum atomic E-state index is -0.318. The fraction of sp³-hybridized carbons (Fsp3) is 0.286. The fourth-order valence-corrected chi connectivity index (χ4v) is 3.84. The molecule has 1 aromatic heterocycles. The summed E-state index contributed by atoms with van der Waals surface area (Å²) in [6.45, 7) is -0.0697. The van der Waals surface area contributed by atoms with Crippen molar-refractivity contribution in [2.75, 3.05) is 31.5 Å². The summed E-state index contributed by atoms with van der Waals surface area (Å²) in [5, 5.41) is 11.2. The molecular weight excluding hydrogens is 406 g/mol. The second-order valence-corrected chi connectivity index (χ2v) is 7.34. The zero-order valence-electron chi connectivity index (χ0n) is 16.6. The Labute approximate surface area is 179 Å². The van der Waals surface area contributed by atoms with Crippen LogP contribution < -0.4 is 15.4 Å². The van der Waals surface area contributed by atoms with Gasteiger partial charge in [-0.1, -0.05) is 41.9 Å². The van der Waals surface area contributed by atoms with Crippen LogP contribution in [-0.2, 0) is 9.53 Å². The van der Waals surface area contributed by atoms with Crippen molar-refractivity contribution in [3.05, 3.63) is 64.7 Å². The van der Waals surface area contributed by atoms with Crippen LogP contribution >= 0.6 is 11.6 Å². The van der Waals surface area contributed by atoms with Crippen LogP contribution in [-0.4, -0.2) is 41.5 Å². The number of anilines is 2. The maximum atomic E-state index is 11.9. The average Bonchev–Trinajstić information content (AvgIpc) is 3.16. The number of carbonyl (C=O) groups is 1.